The molecule has 0 spiro atoms. The van der Waals surface area contributed by atoms with Crippen molar-refractivity contribution in [2.45, 2.75) is 43.3 Å². The Bertz CT molecular complexity index is 1040. The van der Waals surface area contributed by atoms with Gasteiger partial charge in [0.05, 0.1) is 46.4 Å². The number of hydrogen-bond acceptors (Lipinski definition) is 8. The molecule has 0 unspecified atom stereocenters. The molecular formula is C23H30O8S. The van der Waals surface area contributed by atoms with Gasteiger partial charge >= 0.3 is 0 Å². The summed E-state index contributed by atoms with van der Waals surface area (Å²) in [6.07, 6.45) is 1.22. The SMILES string of the molecule is CCCS(=O)(=O)c1cc([C@H]2CC[C@H](c3cc(OC)c(OC)c(OC)c3)O2)cc(OC)c1O. The first kappa shape index (κ1) is 24.0. The predicted molar refractivity (Wildman–Crippen MR) is 119 cm³/mol. The molecule has 8 nitrogen and oxygen atoms in total. The summed E-state index contributed by atoms with van der Waals surface area (Å²) in [6.45, 7) is 1.78. The van der Waals surface area contributed by atoms with Crippen LogP contribution in [0.1, 0.15) is 49.5 Å². The fourth-order valence-electron chi connectivity index (χ4n) is 3.97. The predicted octanol–water partition coefficient (Wildman–Crippen LogP) is 4.20. The summed E-state index contributed by atoms with van der Waals surface area (Å²) in [5.74, 6) is 1.25. The normalized spacial score (nSPS) is 18.4. The van der Waals surface area contributed by atoms with Crippen molar-refractivity contribution in [2.75, 3.05) is 34.2 Å². The van der Waals surface area contributed by atoms with Crippen LogP contribution in [-0.2, 0) is 14.6 Å². The van der Waals surface area contributed by atoms with Gasteiger partial charge in [-0.25, -0.2) is 8.42 Å². The molecule has 2 aromatic rings. The zero-order chi connectivity index (χ0) is 23.5. The largest absolute Gasteiger partial charge is 0.503 e. The van der Waals surface area contributed by atoms with Crippen molar-refractivity contribution in [1.29, 1.82) is 0 Å². The van der Waals surface area contributed by atoms with Crippen LogP contribution in [0, 0.1) is 0 Å². The Labute approximate surface area is 188 Å². The number of phenolic OH excluding ortho intramolecular Hbond substituents is 1. The first-order valence-electron chi connectivity index (χ1n) is 10.4. The molecule has 3 rings (SSSR count). The zero-order valence-electron chi connectivity index (χ0n) is 19.0. The zero-order valence-corrected chi connectivity index (χ0v) is 19.8. The van der Waals surface area contributed by atoms with E-state index in [4.69, 9.17) is 23.7 Å². The van der Waals surface area contributed by atoms with Crippen molar-refractivity contribution in [3.8, 4) is 28.7 Å². The molecule has 176 valence electrons. The first-order chi connectivity index (χ1) is 15.3. The highest BCUT2D eigenvalue weighted by Gasteiger charge is 2.32. The van der Waals surface area contributed by atoms with Crippen LogP contribution in [0.5, 0.6) is 28.7 Å². The summed E-state index contributed by atoms with van der Waals surface area (Å²) >= 11 is 0. The number of rotatable bonds is 9. The third-order valence-corrected chi connectivity index (χ3v) is 7.47. The number of sulfone groups is 1. The Kier molecular flexibility index (Phi) is 7.40. The van der Waals surface area contributed by atoms with E-state index in [1.54, 1.807) is 34.3 Å². The molecule has 0 aliphatic carbocycles. The van der Waals surface area contributed by atoms with E-state index in [2.05, 4.69) is 0 Å². The first-order valence-corrected chi connectivity index (χ1v) is 12.0. The van der Waals surface area contributed by atoms with Crippen LogP contribution in [0.4, 0.5) is 0 Å². The van der Waals surface area contributed by atoms with Gasteiger partial charge in [-0.15, -0.1) is 0 Å². The summed E-state index contributed by atoms with van der Waals surface area (Å²) in [6, 6.07) is 6.82. The van der Waals surface area contributed by atoms with Gasteiger partial charge in [-0.1, -0.05) is 6.92 Å². The van der Waals surface area contributed by atoms with Gasteiger partial charge in [-0.3, -0.25) is 0 Å². The van der Waals surface area contributed by atoms with Crippen LogP contribution in [0.2, 0.25) is 0 Å². The van der Waals surface area contributed by atoms with Gasteiger partial charge in [-0.2, -0.15) is 0 Å². The lowest BCUT2D eigenvalue weighted by molar-refractivity contribution is 0.0435. The van der Waals surface area contributed by atoms with Crippen molar-refractivity contribution in [3.63, 3.8) is 0 Å². The summed E-state index contributed by atoms with van der Waals surface area (Å²) in [5.41, 5.74) is 1.51. The van der Waals surface area contributed by atoms with Crippen molar-refractivity contribution in [3.05, 3.63) is 35.4 Å². The molecule has 0 aromatic heterocycles. The molecular weight excluding hydrogens is 436 g/mol. The van der Waals surface area contributed by atoms with Gasteiger partial charge in [0.15, 0.2) is 32.8 Å². The minimum Gasteiger partial charge on any atom is -0.503 e. The van der Waals surface area contributed by atoms with E-state index in [1.807, 2.05) is 12.1 Å². The standard InChI is InChI=1S/C23H30O8S/c1-6-9-32(25,26)21-13-15(10-18(27-2)22(21)24)17-8-7-16(31-17)14-11-19(28-3)23(30-5)20(12-14)29-4/h10-13,16-17,24H,6-9H2,1-5H3/t16-,17-/m1/s1. The summed E-state index contributed by atoms with van der Waals surface area (Å²) in [5, 5.41) is 10.4. The maximum absolute atomic E-state index is 12.7. The fraction of sp³-hybridized carbons (Fsp3) is 0.478. The molecule has 9 heteroatoms. The number of benzene rings is 2. The van der Waals surface area contributed by atoms with Crippen LogP contribution in [0.25, 0.3) is 0 Å². The molecule has 32 heavy (non-hydrogen) atoms. The Hall–Kier alpha value is -2.65. The minimum absolute atomic E-state index is 0.0627. The van der Waals surface area contributed by atoms with Crippen LogP contribution < -0.4 is 18.9 Å². The number of hydrogen-bond donors (Lipinski definition) is 1. The average Bonchev–Trinajstić information content (AvgIpc) is 3.28. The summed E-state index contributed by atoms with van der Waals surface area (Å²) in [7, 11) is 2.40. The number of methoxy groups -OCH3 is 4. The van der Waals surface area contributed by atoms with E-state index in [0.717, 1.165) is 5.56 Å². The molecule has 1 aliphatic heterocycles. The minimum atomic E-state index is -3.65. The van der Waals surface area contributed by atoms with Crippen LogP contribution >= 0.6 is 0 Å². The average molecular weight is 467 g/mol. The lowest BCUT2D eigenvalue weighted by Gasteiger charge is -2.19. The van der Waals surface area contributed by atoms with Gasteiger partial charge in [0.1, 0.15) is 4.90 Å². The maximum Gasteiger partial charge on any atom is 0.203 e. The van der Waals surface area contributed by atoms with Gasteiger partial charge in [0.25, 0.3) is 0 Å². The van der Waals surface area contributed by atoms with Crippen LogP contribution in [0.15, 0.2) is 29.2 Å². The van der Waals surface area contributed by atoms with E-state index >= 15 is 0 Å². The molecule has 1 saturated heterocycles. The molecule has 2 aromatic carbocycles. The summed E-state index contributed by atoms with van der Waals surface area (Å²) < 4.78 is 53.1. The van der Waals surface area contributed by atoms with Crippen molar-refractivity contribution in [1.82, 2.24) is 0 Å². The fourth-order valence-corrected chi connectivity index (χ4v) is 5.44. The van der Waals surface area contributed by atoms with E-state index in [9.17, 15) is 13.5 Å². The summed E-state index contributed by atoms with van der Waals surface area (Å²) in [4.78, 5) is -0.131. The lowest BCUT2D eigenvalue weighted by Crippen LogP contribution is -2.09. The smallest absolute Gasteiger partial charge is 0.203 e. The highest BCUT2D eigenvalue weighted by Crippen LogP contribution is 2.47. The van der Waals surface area contributed by atoms with Gasteiger partial charge < -0.3 is 28.8 Å². The van der Waals surface area contributed by atoms with E-state index < -0.39 is 9.84 Å². The molecule has 0 bridgehead atoms. The van der Waals surface area contributed by atoms with Gasteiger partial charge in [-0.05, 0) is 54.7 Å². The Morgan fingerprint density at radius 1 is 0.875 bits per heavy atom. The quantitative estimate of drug-likeness (QED) is 0.587. The molecule has 1 N–H and O–H groups in total. The molecule has 0 radical (unpaired) electrons. The number of phenols is 1. The number of aromatic hydroxyl groups is 1. The lowest BCUT2D eigenvalue weighted by atomic mass is 10.0. The Morgan fingerprint density at radius 3 is 1.84 bits per heavy atom. The Balaban J connectivity index is 1.95. The Morgan fingerprint density at radius 2 is 1.38 bits per heavy atom. The second kappa shape index (κ2) is 9.87. The number of ether oxygens (including phenoxy) is 5. The van der Waals surface area contributed by atoms with Crippen LogP contribution in [0.3, 0.4) is 0 Å². The van der Waals surface area contributed by atoms with Gasteiger partial charge in [0.2, 0.25) is 5.75 Å². The van der Waals surface area contributed by atoms with Crippen molar-refractivity contribution in [2.24, 2.45) is 0 Å². The second-order valence-corrected chi connectivity index (χ2v) is 9.62. The third kappa shape index (κ3) is 4.59. The molecule has 2 atom stereocenters. The molecule has 1 heterocycles. The monoisotopic (exact) mass is 466 g/mol. The highest BCUT2D eigenvalue weighted by molar-refractivity contribution is 7.91. The second-order valence-electron chi connectivity index (χ2n) is 7.54. The molecule has 1 aliphatic rings. The topological polar surface area (TPSA) is 101 Å². The van der Waals surface area contributed by atoms with Crippen molar-refractivity contribution < 1.29 is 37.2 Å². The van der Waals surface area contributed by atoms with Crippen LogP contribution in [-0.4, -0.2) is 47.7 Å². The van der Waals surface area contributed by atoms with E-state index in [0.29, 0.717) is 42.1 Å². The van der Waals surface area contributed by atoms with E-state index in [1.165, 1.54) is 13.2 Å². The molecule has 1 fully saturated rings. The molecule has 0 saturated carbocycles. The third-order valence-electron chi connectivity index (χ3n) is 5.54. The maximum atomic E-state index is 12.7. The highest BCUT2D eigenvalue weighted by atomic mass is 32.2. The molecule has 0 amide bonds. The van der Waals surface area contributed by atoms with E-state index in [-0.39, 0.29) is 34.4 Å². The van der Waals surface area contributed by atoms with Crippen molar-refractivity contribution >= 4 is 9.84 Å². The van der Waals surface area contributed by atoms with Gasteiger partial charge in [0, 0.05) is 0 Å².